The molecule has 3 aromatic heterocycles. The number of carbonyl (C=O) groups is 1. The van der Waals surface area contributed by atoms with E-state index in [2.05, 4.69) is 34.2 Å². The van der Waals surface area contributed by atoms with Gasteiger partial charge < -0.3 is 19.5 Å². The lowest BCUT2D eigenvalue weighted by atomic mass is 9.79. The molecule has 0 radical (unpaired) electrons. The highest BCUT2D eigenvalue weighted by atomic mass is 19.3. The van der Waals surface area contributed by atoms with Crippen LogP contribution in [-0.2, 0) is 11.3 Å². The Bertz CT molecular complexity index is 1530. The molecule has 0 unspecified atom stereocenters. The summed E-state index contributed by atoms with van der Waals surface area (Å²) in [5, 5.41) is 8.02. The van der Waals surface area contributed by atoms with Gasteiger partial charge in [0.15, 0.2) is 5.82 Å². The van der Waals surface area contributed by atoms with Crippen molar-refractivity contribution in [2.45, 2.75) is 53.1 Å². The molecule has 0 spiro atoms. The van der Waals surface area contributed by atoms with Gasteiger partial charge >= 0.3 is 0 Å². The number of nitrogens with zero attached hydrogens (tertiary/aromatic N) is 6. The lowest BCUT2D eigenvalue weighted by Gasteiger charge is -2.44. The van der Waals surface area contributed by atoms with Crippen molar-refractivity contribution in [3.8, 4) is 17.0 Å². The van der Waals surface area contributed by atoms with Crippen molar-refractivity contribution in [3.05, 3.63) is 36.0 Å². The van der Waals surface area contributed by atoms with Gasteiger partial charge in [-0.25, -0.2) is 22.7 Å². The van der Waals surface area contributed by atoms with Crippen molar-refractivity contribution >= 4 is 28.4 Å². The summed E-state index contributed by atoms with van der Waals surface area (Å²) in [5.41, 5.74) is 1.68. The Morgan fingerprint density at radius 3 is 2.71 bits per heavy atom. The van der Waals surface area contributed by atoms with Crippen molar-refractivity contribution in [2.24, 2.45) is 5.41 Å². The van der Waals surface area contributed by atoms with Crippen LogP contribution in [0.2, 0.25) is 0 Å². The van der Waals surface area contributed by atoms with E-state index in [0.717, 1.165) is 6.42 Å². The van der Waals surface area contributed by atoms with Crippen LogP contribution in [0.4, 0.5) is 19.1 Å². The number of rotatable bonds is 6. The zero-order chi connectivity index (χ0) is 27.4. The first kappa shape index (κ1) is 25.8. The Morgan fingerprint density at radius 1 is 1.29 bits per heavy atom. The molecule has 4 aromatic rings. The summed E-state index contributed by atoms with van der Waals surface area (Å²) < 4.78 is 50.0. The standard InChI is InChI=1S/C26H30F3N7O2/c1-14-30-22-18(27)10-16(11-19(22)35(14)12-21(28)29)17-6-9-36-23(17)24(38-5)32-25(33-36)31-20-7-8-34(15(2)37)13-26(20,3)4/h6,9-11,20-21H,7-8,12-13H2,1-5H3,(H,31,33)/t20-/m0/s1. The van der Waals surface area contributed by atoms with Crippen molar-refractivity contribution in [1.29, 1.82) is 0 Å². The Morgan fingerprint density at radius 2 is 2.05 bits per heavy atom. The van der Waals surface area contributed by atoms with Crippen LogP contribution in [0.3, 0.4) is 0 Å². The fourth-order valence-corrected chi connectivity index (χ4v) is 5.30. The molecule has 9 nitrogen and oxygen atoms in total. The van der Waals surface area contributed by atoms with Gasteiger partial charge in [-0.2, -0.15) is 4.98 Å². The summed E-state index contributed by atoms with van der Waals surface area (Å²) in [6, 6.07) is 4.75. The second-order valence-electron chi connectivity index (χ2n) is 10.4. The van der Waals surface area contributed by atoms with Gasteiger partial charge in [0.1, 0.15) is 16.9 Å². The topological polar surface area (TPSA) is 89.6 Å². The number of fused-ring (bicyclic) bond motifs is 2. The minimum Gasteiger partial charge on any atom is -0.479 e. The smallest absolute Gasteiger partial charge is 0.256 e. The molecule has 0 saturated carbocycles. The third-order valence-electron chi connectivity index (χ3n) is 7.28. The van der Waals surface area contributed by atoms with E-state index in [1.165, 1.54) is 17.7 Å². The summed E-state index contributed by atoms with van der Waals surface area (Å²) in [7, 11) is 1.49. The molecular weight excluding hydrogens is 499 g/mol. The van der Waals surface area contributed by atoms with Gasteiger partial charge in [-0.3, -0.25) is 4.79 Å². The molecule has 1 aliphatic heterocycles. The number of anilines is 1. The van der Waals surface area contributed by atoms with Gasteiger partial charge in [0, 0.05) is 43.2 Å². The second kappa shape index (κ2) is 9.48. The molecule has 1 fully saturated rings. The molecule has 38 heavy (non-hydrogen) atoms. The minimum atomic E-state index is -2.60. The second-order valence-corrected chi connectivity index (χ2v) is 10.4. The van der Waals surface area contributed by atoms with E-state index in [1.807, 2.05) is 4.90 Å². The van der Waals surface area contributed by atoms with Crippen molar-refractivity contribution in [3.63, 3.8) is 0 Å². The predicted molar refractivity (Wildman–Crippen MR) is 137 cm³/mol. The summed E-state index contributed by atoms with van der Waals surface area (Å²) >= 11 is 0. The van der Waals surface area contributed by atoms with Crippen LogP contribution in [0.15, 0.2) is 24.4 Å². The normalized spacial score (nSPS) is 17.5. The molecule has 1 atom stereocenters. The molecule has 4 heterocycles. The summed E-state index contributed by atoms with van der Waals surface area (Å²) in [5.74, 6) is 0.396. The average Bonchev–Trinajstić information content (AvgIpc) is 3.41. The fraction of sp³-hybridized carbons (Fsp3) is 0.462. The molecule has 202 valence electrons. The number of imidazole rings is 1. The number of carbonyl (C=O) groups excluding carboxylic acids is 1. The van der Waals surface area contributed by atoms with Crippen LogP contribution in [-0.4, -0.2) is 67.6 Å². The van der Waals surface area contributed by atoms with Crippen LogP contribution < -0.4 is 10.1 Å². The van der Waals surface area contributed by atoms with E-state index in [9.17, 15) is 13.6 Å². The highest BCUT2D eigenvalue weighted by molar-refractivity contribution is 5.90. The van der Waals surface area contributed by atoms with E-state index in [0.29, 0.717) is 41.5 Å². The number of likely N-dealkylation sites (tertiary alicyclic amines) is 1. The first-order valence-corrected chi connectivity index (χ1v) is 12.4. The number of amides is 1. The Balaban J connectivity index is 1.53. The van der Waals surface area contributed by atoms with Crippen LogP contribution >= 0.6 is 0 Å². The number of halogens is 3. The maximum absolute atomic E-state index is 15.1. The van der Waals surface area contributed by atoms with E-state index in [-0.39, 0.29) is 34.3 Å². The average molecular weight is 530 g/mol. The zero-order valence-corrected chi connectivity index (χ0v) is 21.9. The monoisotopic (exact) mass is 529 g/mol. The third-order valence-corrected chi connectivity index (χ3v) is 7.28. The lowest BCUT2D eigenvalue weighted by Crippen LogP contribution is -2.53. The Labute approximate surface area is 217 Å². The van der Waals surface area contributed by atoms with Crippen molar-refractivity contribution in [2.75, 3.05) is 25.5 Å². The Kier molecular flexibility index (Phi) is 6.44. The number of piperidine rings is 1. The first-order valence-electron chi connectivity index (χ1n) is 12.4. The SMILES string of the molecule is COc1nc(N[C@H]2CCN(C(C)=O)CC2(C)C)nn2ccc(-c3cc(F)c4nc(C)n(CC(F)F)c4c3)c12. The lowest BCUT2D eigenvalue weighted by molar-refractivity contribution is -0.132. The minimum absolute atomic E-state index is 0.0187. The van der Waals surface area contributed by atoms with E-state index >= 15 is 4.39 Å². The maximum atomic E-state index is 15.1. The molecular formula is C26H30F3N7O2. The van der Waals surface area contributed by atoms with Gasteiger partial charge in [0.25, 0.3) is 6.43 Å². The largest absolute Gasteiger partial charge is 0.479 e. The molecule has 5 rings (SSSR count). The van der Waals surface area contributed by atoms with E-state index in [1.54, 1.807) is 36.7 Å². The molecule has 12 heteroatoms. The molecule has 0 aliphatic carbocycles. The number of ether oxygens (including phenoxy) is 1. The molecule has 1 amide bonds. The van der Waals surface area contributed by atoms with Gasteiger partial charge in [0.2, 0.25) is 17.7 Å². The number of hydrogen-bond donors (Lipinski definition) is 1. The molecule has 1 saturated heterocycles. The van der Waals surface area contributed by atoms with E-state index < -0.39 is 18.8 Å². The summed E-state index contributed by atoms with van der Waals surface area (Å²) in [6.45, 7) is 8.01. The van der Waals surface area contributed by atoms with Gasteiger partial charge in [0.05, 0.1) is 19.2 Å². The predicted octanol–water partition coefficient (Wildman–Crippen LogP) is 4.53. The summed E-state index contributed by atoms with van der Waals surface area (Å²) in [4.78, 5) is 22.4. The summed E-state index contributed by atoms with van der Waals surface area (Å²) in [6.07, 6.45) is -0.154. The van der Waals surface area contributed by atoms with Crippen molar-refractivity contribution in [1.82, 2.24) is 29.0 Å². The Hall–Kier alpha value is -3.83. The molecule has 0 bridgehead atoms. The fourth-order valence-electron chi connectivity index (χ4n) is 5.30. The third kappa shape index (κ3) is 4.52. The molecule has 1 aliphatic rings. The number of nitrogens with one attached hydrogen (secondary N) is 1. The first-order chi connectivity index (χ1) is 18.0. The van der Waals surface area contributed by atoms with Crippen LogP contribution in [0.25, 0.3) is 27.7 Å². The number of alkyl halides is 2. The number of benzene rings is 1. The van der Waals surface area contributed by atoms with Gasteiger partial charge in [-0.05, 0) is 37.1 Å². The quantitative estimate of drug-likeness (QED) is 0.395. The number of methoxy groups -OCH3 is 1. The van der Waals surface area contributed by atoms with Crippen LogP contribution in [0.5, 0.6) is 5.88 Å². The highest BCUT2D eigenvalue weighted by Gasteiger charge is 2.37. The van der Waals surface area contributed by atoms with Crippen molar-refractivity contribution < 1.29 is 22.7 Å². The number of hydrogen-bond acceptors (Lipinski definition) is 6. The molecule has 1 aromatic carbocycles. The van der Waals surface area contributed by atoms with Crippen LogP contribution in [0.1, 0.15) is 33.0 Å². The molecule has 1 N–H and O–H groups in total. The van der Waals surface area contributed by atoms with E-state index in [4.69, 9.17) is 4.74 Å². The van der Waals surface area contributed by atoms with Crippen LogP contribution in [0, 0.1) is 18.2 Å². The van der Waals surface area contributed by atoms with Gasteiger partial charge in [-0.1, -0.05) is 13.8 Å². The maximum Gasteiger partial charge on any atom is 0.256 e. The van der Waals surface area contributed by atoms with Gasteiger partial charge in [-0.15, -0.1) is 5.10 Å². The highest BCUT2D eigenvalue weighted by Crippen LogP contribution is 2.36. The number of aromatic nitrogens is 5. The number of aryl methyl sites for hydroxylation is 1. The zero-order valence-electron chi connectivity index (χ0n) is 21.9.